The first-order chi connectivity index (χ1) is 15.4. The first-order valence-electron chi connectivity index (χ1n) is 11.1. The first-order valence-corrected chi connectivity index (χ1v) is 11.1. The molecule has 2 aromatic heterocycles. The van der Waals surface area contributed by atoms with Crippen LogP contribution in [0.5, 0.6) is 0 Å². The predicted octanol–water partition coefficient (Wildman–Crippen LogP) is 2.88. The van der Waals surface area contributed by atoms with Crippen molar-refractivity contribution in [2.75, 3.05) is 23.3 Å². The number of hydrogen-bond donors (Lipinski definition) is 2. The average Bonchev–Trinajstić information content (AvgIpc) is 3.44. The summed E-state index contributed by atoms with van der Waals surface area (Å²) in [6, 6.07) is 9.02. The number of rotatable bonds is 7. The van der Waals surface area contributed by atoms with Gasteiger partial charge in [-0.25, -0.2) is 9.50 Å². The van der Waals surface area contributed by atoms with Gasteiger partial charge in [-0.05, 0) is 57.4 Å². The fourth-order valence-corrected chi connectivity index (χ4v) is 4.03. The van der Waals surface area contributed by atoms with Crippen LogP contribution in [-0.2, 0) is 4.79 Å². The van der Waals surface area contributed by atoms with Gasteiger partial charge in [-0.3, -0.25) is 9.59 Å². The summed E-state index contributed by atoms with van der Waals surface area (Å²) >= 11 is 0. The number of hydrogen-bond acceptors (Lipinski definition) is 6. The Kier molecular flexibility index (Phi) is 6.34. The lowest BCUT2D eigenvalue weighted by Gasteiger charge is -2.20. The van der Waals surface area contributed by atoms with Crippen molar-refractivity contribution in [1.82, 2.24) is 24.9 Å². The van der Waals surface area contributed by atoms with Crippen LogP contribution in [0.4, 0.5) is 11.4 Å². The SMILES string of the molecule is CCCC(NC(=O)c1nc2nc(C)cc(C)n2n1)C(=O)Nc1cccc(N2CCCC2)c1. The summed E-state index contributed by atoms with van der Waals surface area (Å²) in [4.78, 5) is 36.7. The fourth-order valence-electron chi connectivity index (χ4n) is 4.03. The number of nitrogens with zero attached hydrogens (tertiary/aromatic N) is 5. The zero-order valence-electron chi connectivity index (χ0n) is 18.8. The molecule has 3 heterocycles. The number of carbonyl (C=O) groups excluding carboxylic acids is 2. The van der Waals surface area contributed by atoms with Crippen LogP contribution in [0.25, 0.3) is 5.78 Å². The molecule has 3 aromatic rings. The van der Waals surface area contributed by atoms with E-state index in [9.17, 15) is 9.59 Å². The number of carbonyl (C=O) groups is 2. The van der Waals surface area contributed by atoms with Gasteiger partial charge in [-0.2, -0.15) is 4.98 Å². The Morgan fingerprint density at radius 2 is 1.91 bits per heavy atom. The smallest absolute Gasteiger partial charge is 0.291 e. The van der Waals surface area contributed by atoms with Crippen LogP contribution in [0.3, 0.4) is 0 Å². The maximum atomic E-state index is 13.0. The predicted molar refractivity (Wildman–Crippen MR) is 123 cm³/mol. The summed E-state index contributed by atoms with van der Waals surface area (Å²) < 4.78 is 1.53. The van der Waals surface area contributed by atoms with Crippen molar-refractivity contribution in [2.45, 2.75) is 52.5 Å². The van der Waals surface area contributed by atoms with Gasteiger partial charge in [-0.15, -0.1) is 5.10 Å². The largest absolute Gasteiger partial charge is 0.371 e. The Balaban J connectivity index is 1.47. The second kappa shape index (κ2) is 9.33. The van der Waals surface area contributed by atoms with E-state index in [-0.39, 0.29) is 11.7 Å². The molecule has 0 radical (unpaired) electrons. The second-order valence-corrected chi connectivity index (χ2v) is 8.23. The summed E-state index contributed by atoms with van der Waals surface area (Å²) in [6.45, 7) is 7.78. The van der Waals surface area contributed by atoms with Crippen LogP contribution in [0, 0.1) is 13.8 Å². The number of aryl methyl sites for hydroxylation is 2. The molecule has 168 valence electrons. The molecule has 4 rings (SSSR count). The number of aromatic nitrogens is 4. The molecule has 1 saturated heterocycles. The van der Waals surface area contributed by atoms with E-state index in [2.05, 4.69) is 36.7 Å². The lowest BCUT2D eigenvalue weighted by atomic mass is 10.1. The van der Waals surface area contributed by atoms with Gasteiger partial charge in [0.25, 0.3) is 11.7 Å². The highest BCUT2D eigenvalue weighted by molar-refractivity contribution is 6.00. The molecule has 0 bridgehead atoms. The van der Waals surface area contributed by atoms with E-state index in [1.165, 1.54) is 17.4 Å². The molecule has 1 atom stereocenters. The van der Waals surface area contributed by atoms with E-state index in [0.717, 1.165) is 42.3 Å². The molecule has 1 aliphatic rings. The monoisotopic (exact) mass is 435 g/mol. The molecule has 9 heteroatoms. The molecule has 1 unspecified atom stereocenters. The first kappa shape index (κ1) is 21.7. The van der Waals surface area contributed by atoms with Crippen molar-refractivity contribution >= 4 is 29.0 Å². The summed E-state index contributed by atoms with van der Waals surface area (Å²) in [7, 11) is 0. The van der Waals surface area contributed by atoms with Gasteiger partial charge in [-0.1, -0.05) is 19.4 Å². The molecule has 9 nitrogen and oxygen atoms in total. The minimum Gasteiger partial charge on any atom is -0.371 e. The molecular formula is C23H29N7O2. The minimum atomic E-state index is -0.689. The molecule has 1 aliphatic heterocycles. The maximum Gasteiger partial charge on any atom is 0.291 e. The Hall–Kier alpha value is -3.49. The third-order valence-electron chi connectivity index (χ3n) is 5.61. The molecule has 32 heavy (non-hydrogen) atoms. The Morgan fingerprint density at radius 1 is 1.12 bits per heavy atom. The van der Waals surface area contributed by atoms with Crippen molar-refractivity contribution in [3.8, 4) is 0 Å². The van der Waals surface area contributed by atoms with Gasteiger partial charge in [0.2, 0.25) is 11.7 Å². The van der Waals surface area contributed by atoms with Crippen LogP contribution >= 0.6 is 0 Å². The number of benzene rings is 1. The van der Waals surface area contributed by atoms with Gasteiger partial charge in [0.05, 0.1) is 0 Å². The van der Waals surface area contributed by atoms with Gasteiger partial charge in [0.1, 0.15) is 6.04 Å². The highest BCUT2D eigenvalue weighted by atomic mass is 16.2. The van der Waals surface area contributed by atoms with Crippen LogP contribution in [0.15, 0.2) is 30.3 Å². The van der Waals surface area contributed by atoms with E-state index in [0.29, 0.717) is 12.2 Å². The second-order valence-electron chi connectivity index (χ2n) is 8.23. The normalized spacial score (nSPS) is 14.5. The number of anilines is 2. The lowest BCUT2D eigenvalue weighted by Crippen LogP contribution is -2.44. The van der Waals surface area contributed by atoms with E-state index in [4.69, 9.17) is 0 Å². The fraction of sp³-hybridized carbons (Fsp3) is 0.435. The van der Waals surface area contributed by atoms with E-state index < -0.39 is 11.9 Å². The lowest BCUT2D eigenvalue weighted by molar-refractivity contribution is -0.118. The van der Waals surface area contributed by atoms with Gasteiger partial charge in [0, 0.05) is 35.9 Å². The molecule has 0 saturated carbocycles. The summed E-state index contributed by atoms with van der Waals surface area (Å²) in [5.41, 5.74) is 3.45. The number of fused-ring (bicyclic) bond motifs is 1. The number of amides is 2. The van der Waals surface area contributed by atoms with Crippen molar-refractivity contribution in [3.05, 3.63) is 47.5 Å². The quantitative estimate of drug-likeness (QED) is 0.591. The van der Waals surface area contributed by atoms with E-state index >= 15 is 0 Å². The maximum absolute atomic E-state index is 13.0. The average molecular weight is 436 g/mol. The van der Waals surface area contributed by atoms with Gasteiger partial charge >= 0.3 is 0 Å². The zero-order chi connectivity index (χ0) is 22.7. The molecular weight excluding hydrogens is 406 g/mol. The summed E-state index contributed by atoms with van der Waals surface area (Å²) in [5, 5.41) is 10.0. The highest BCUT2D eigenvalue weighted by Gasteiger charge is 2.24. The molecule has 2 N–H and O–H groups in total. The van der Waals surface area contributed by atoms with Crippen LogP contribution < -0.4 is 15.5 Å². The van der Waals surface area contributed by atoms with Gasteiger partial charge < -0.3 is 15.5 Å². The molecule has 0 spiro atoms. The Morgan fingerprint density at radius 3 is 2.66 bits per heavy atom. The highest BCUT2D eigenvalue weighted by Crippen LogP contribution is 2.23. The Bertz CT molecular complexity index is 1130. The van der Waals surface area contributed by atoms with Crippen molar-refractivity contribution < 1.29 is 9.59 Å². The third-order valence-corrected chi connectivity index (χ3v) is 5.61. The third kappa shape index (κ3) is 4.71. The molecule has 1 fully saturated rings. The minimum absolute atomic E-state index is 0.00358. The van der Waals surface area contributed by atoms with Crippen molar-refractivity contribution in [2.24, 2.45) is 0 Å². The van der Waals surface area contributed by atoms with Crippen LogP contribution in [-0.4, -0.2) is 50.5 Å². The van der Waals surface area contributed by atoms with Gasteiger partial charge in [0.15, 0.2) is 0 Å². The molecule has 2 amide bonds. The van der Waals surface area contributed by atoms with E-state index in [1.807, 2.05) is 45.0 Å². The van der Waals surface area contributed by atoms with Crippen LogP contribution in [0.1, 0.15) is 54.6 Å². The number of nitrogens with one attached hydrogen (secondary N) is 2. The topological polar surface area (TPSA) is 105 Å². The molecule has 1 aromatic carbocycles. The zero-order valence-corrected chi connectivity index (χ0v) is 18.8. The van der Waals surface area contributed by atoms with Crippen molar-refractivity contribution in [1.29, 1.82) is 0 Å². The van der Waals surface area contributed by atoms with Crippen molar-refractivity contribution in [3.63, 3.8) is 0 Å². The van der Waals surface area contributed by atoms with Crippen LogP contribution in [0.2, 0.25) is 0 Å². The standard InChI is InChI=1S/C23H29N7O2/c1-4-8-19(21(31)25-17-9-7-10-18(14-17)29-11-5-6-12-29)26-22(32)20-27-23-24-15(2)13-16(3)30(23)28-20/h7,9-10,13-14,19H,4-6,8,11-12H2,1-3H3,(H,25,31)(H,26,32). The summed E-state index contributed by atoms with van der Waals surface area (Å²) in [5.74, 6) is -0.390. The summed E-state index contributed by atoms with van der Waals surface area (Å²) in [6.07, 6.45) is 3.62. The van der Waals surface area contributed by atoms with E-state index in [1.54, 1.807) is 0 Å². The molecule has 0 aliphatic carbocycles. The Labute approximate surface area is 187 Å².